The molecule has 0 unspecified atom stereocenters. The molecule has 2 aromatic carbocycles. The highest BCUT2D eigenvalue weighted by atomic mass is 16.5. The van der Waals surface area contributed by atoms with E-state index in [1.165, 1.54) is 6.33 Å². The number of hydrogen-bond donors (Lipinski definition) is 0. The Morgan fingerprint density at radius 2 is 1.91 bits per heavy atom. The van der Waals surface area contributed by atoms with Crippen molar-refractivity contribution < 1.29 is 14.3 Å². The van der Waals surface area contributed by atoms with Gasteiger partial charge in [0.2, 0.25) is 0 Å². The Morgan fingerprint density at radius 1 is 1.03 bits per heavy atom. The molecular formula is C24H21N5O3. The number of rotatable bonds is 4. The standard InChI is InChI=1S/C24H21N5O3/c1-31-20-8-7-15-13-29(12-10-16(15)22(20)32-2)24(30)21-17-5-3-4-6-18(17)27-23(28-21)19-9-11-25-14-26-19/h3-9,11,14H,10,12-13H2,1-2H3. The molecule has 8 heteroatoms. The van der Waals surface area contributed by atoms with E-state index in [1.54, 1.807) is 26.5 Å². The van der Waals surface area contributed by atoms with E-state index in [9.17, 15) is 4.79 Å². The number of methoxy groups -OCH3 is 2. The summed E-state index contributed by atoms with van der Waals surface area (Å²) in [5, 5.41) is 0.716. The van der Waals surface area contributed by atoms with Gasteiger partial charge in [0.25, 0.3) is 5.91 Å². The van der Waals surface area contributed by atoms with Crippen molar-refractivity contribution in [3.05, 3.63) is 71.8 Å². The zero-order chi connectivity index (χ0) is 22.1. The van der Waals surface area contributed by atoms with Gasteiger partial charge in [0, 0.05) is 30.2 Å². The van der Waals surface area contributed by atoms with E-state index in [0.717, 1.165) is 16.9 Å². The average Bonchev–Trinajstić information content (AvgIpc) is 2.87. The van der Waals surface area contributed by atoms with Crippen LogP contribution in [0.1, 0.15) is 21.6 Å². The molecule has 0 saturated carbocycles. The van der Waals surface area contributed by atoms with E-state index in [4.69, 9.17) is 9.47 Å². The van der Waals surface area contributed by atoms with Crippen LogP contribution in [0.5, 0.6) is 11.5 Å². The van der Waals surface area contributed by atoms with E-state index in [-0.39, 0.29) is 5.91 Å². The quantitative estimate of drug-likeness (QED) is 0.494. The van der Waals surface area contributed by atoms with Gasteiger partial charge >= 0.3 is 0 Å². The Bertz CT molecular complexity index is 1310. The average molecular weight is 427 g/mol. The third-order valence-electron chi connectivity index (χ3n) is 5.64. The van der Waals surface area contributed by atoms with Crippen LogP contribution in [-0.2, 0) is 13.0 Å². The highest BCUT2D eigenvalue weighted by Crippen LogP contribution is 2.36. The van der Waals surface area contributed by atoms with Crippen LogP contribution in [0.25, 0.3) is 22.4 Å². The molecule has 1 aliphatic rings. The molecule has 2 aromatic heterocycles. The molecule has 0 saturated heterocycles. The van der Waals surface area contributed by atoms with Gasteiger partial charge in [-0.05, 0) is 30.2 Å². The van der Waals surface area contributed by atoms with Gasteiger partial charge in [-0.3, -0.25) is 4.79 Å². The summed E-state index contributed by atoms with van der Waals surface area (Å²) in [7, 11) is 3.26. The van der Waals surface area contributed by atoms with Crippen LogP contribution in [0.2, 0.25) is 0 Å². The maximum Gasteiger partial charge on any atom is 0.273 e. The molecule has 0 radical (unpaired) electrons. The van der Waals surface area contributed by atoms with Gasteiger partial charge < -0.3 is 14.4 Å². The fourth-order valence-electron chi connectivity index (χ4n) is 4.09. The molecule has 3 heterocycles. The zero-order valence-electron chi connectivity index (χ0n) is 17.8. The molecule has 0 spiro atoms. The highest BCUT2D eigenvalue weighted by Gasteiger charge is 2.28. The highest BCUT2D eigenvalue weighted by molar-refractivity contribution is 6.04. The lowest BCUT2D eigenvalue weighted by molar-refractivity contribution is 0.0730. The molecule has 160 valence electrons. The number of hydrogen-bond acceptors (Lipinski definition) is 7. The van der Waals surface area contributed by atoms with Gasteiger partial charge in [0.1, 0.15) is 17.7 Å². The minimum atomic E-state index is -0.139. The van der Waals surface area contributed by atoms with E-state index >= 15 is 0 Å². The van der Waals surface area contributed by atoms with Gasteiger partial charge in [-0.15, -0.1) is 0 Å². The van der Waals surface area contributed by atoms with Crippen molar-refractivity contribution in [2.45, 2.75) is 13.0 Å². The first-order valence-corrected chi connectivity index (χ1v) is 10.2. The minimum absolute atomic E-state index is 0.139. The number of benzene rings is 2. The van der Waals surface area contributed by atoms with Gasteiger partial charge in [-0.1, -0.05) is 24.3 Å². The molecular weight excluding hydrogens is 406 g/mol. The second-order valence-corrected chi connectivity index (χ2v) is 7.42. The van der Waals surface area contributed by atoms with Crippen molar-refractivity contribution in [1.82, 2.24) is 24.8 Å². The summed E-state index contributed by atoms with van der Waals surface area (Å²) in [6, 6.07) is 13.1. The Kier molecular flexibility index (Phi) is 5.10. The Hall–Kier alpha value is -4.07. The second-order valence-electron chi connectivity index (χ2n) is 7.42. The molecule has 32 heavy (non-hydrogen) atoms. The second kappa shape index (κ2) is 8.22. The van der Waals surface area contributed by atoms with Crippen LogP contribution in [0, 0.1) is 0 Å². The molecule has 1 aliphatic heterocycles. The van der Waals surface area contributed by atoms with E-state index < -0.39 is 0 Å². The number of amides is 1. The van der Waals surface area contributed by atoms with Gasteiger partial charge in [0.15, 0.2) is 17.3 Å². The molecule has 1 amide bonds. The topological polar surface area (TPSA) is 90.3 Å². The van der Waals surface area contributed by atoms with Crippen LogP contribution in [0.15, 0.2) is 55.0 Å². The van der Waals surface area contributed by atoms with Gasteiger partial charge in [-0.25, -0.2) is 19.9 Å². The number of ether oxygens (including phenoxy) is 2. The normalized spacial score (nSPS) is 13.0. The summed E-state index contributed by atoms with van der Waals surface area (Å²) in [5.74, 6) is 1.69. The van der Waals surface area contributed by atoms with Gasteiger partial charge in [-0.2, -0.15) is 0 Å². The Morgan fingerprint density at radius 3 is 2.69 bits per heavy atom. The smallest absolute Gasteiger partial charge is 0.273 e. The Labute approximate surface area is 184 Å². The molecule has 0 atom stereocenters. The van der Waals surface area contributed by atoms with Crippen molar-refractivity contribution >= 4 is 16.8 Å². The maximum atomic E-state index is 13.6. The first kappa shape index (κ1) is 19.9. The fourth-order valence-corrected chi connectivity index (χ4v) is 4.09. The molecule has 0 N–H and O–H groups in total. The van der Waals surface area contributed by atoms with Crippen molar-refractivity contribution in [3.8, 4) is 23.0 Å². The fraction of sp³-hybridized carbons (Fsp3) is 0.208. The molecule has 0 aliphatic carbocycles. The molecule has 0 bridgehead atoms. The number of nitrogens with zero attached hydrogens (tertiary/aromatic N) is 5. The van der Waals surface area contributed by atoms with Crippen LogP contribution >= 0.6 is 0 Å². The first-order valence-electron chi connectivity index (χ1n) is 10.2. The minimum Gasteiger partial charge on any atom is -0.493 e. The predicted octanol–water partition coefficient (Wildman–Crippen LogP) is 3.30. The number of fused-ring (bicyclic) bond motifs is 2. The lowest BCUT2D eigenvalue weighted by atomic mass is 9.97. The molecule has 0 fully saturated rings. The monoisotopic (exact) mass is 427 g/mol. The van der Waals surface area contributed by atoms with Crippen LogP contribution in [0.4, 0.5) is 0 Å². The molecule has 8 nitrogen and oxygen atoms in total. The van der Waals surface area contributed by atoms with Crippen molar-refractivity contribution in [3.63, 3.8) is 0 Å². The third-order valence-corrected chi connectivity index (χ3v) is 5.64. The summed E-state index contributed by atoms with van der Waals surface area (Å²) < 4.78 is 11.0. The summed E-state index contributed by atoms with van der Waals surface area (Å²) >= 11 is 0. The van der Waals surface area contributed by atoms with Crippen LogP contribution in [-0.4, -0.2) is 51.5 Å². The third kappa shape index (κ3) is 3.39. The largest absolute Gasteiger partial charge is 0.493 e. The lowest BCUT2D eigenvalue weighted by Crippen LogP contribution is -2.36. The van der Waals surface area contributed by atoms with Crippen molar-refractivity contribution in [2.24, 2.45) is 0 Å². The summed E-state index contributed by atoms with van der Waals surface area (Å²) in [5.41, 5.74) is 3.75. The first-order chi connectivity index (χ1) is 15.7. The molecule has 5 rings (SSSR count). The number of aromatic nitrogens is 4. The Balaban J connectivity index is 1.54. The van der Waals surface area contributed by atoms with E-state index in [0.29, 0.717) is 53.4 Å². The number of para-hydroxylation sites is 1. The maximum absolute atomic E-state index is 13.6. The number of carbonyl (C=O) groups excluding carboxylic acids is 1. The van der Waals surface area contributed by atoms with Gasteiger partial charge in [0.05, 0.1) is 19.7 Å². The van der Waals surface area contributed by atoms with Crippen molar-refractivity contribution in [1.29, 1.82) is 0 Å². The SMILES string of the molecule is COc1ccc2c(c1OC)CCN(C(=O)c1nc(-c3ccncn3)nc3ccccc13)C2. The van der Waals surface area contributed by atoms with Crippen molar-refractivity contribution in [2.75, 3.05) is 20.8 Å². The number of carbonyl (C=O) groups is 1. The summed E-state index contributed by atoms with van der Waals surface area (Å²) in [4.78, 5) is 32.9. The zero-order valence-corrected chi connectivity index (χ0v) is 17.8. The van der Waals surface area contributed by atoms with E-state index in [1.807, 2.05) is 41.3 Å². The molecule has 4 aromatic rings. The van der Waals surface area contributed by atoms with E-state index in [2.05, 4.69) is 19.9 Å². The predicted molar refractivity (Wildman–Crippen MR) is 119 cm³/mol. The lowest BCUT2D eigenvalue weighted by Gasteiger charge is -2.30. The van der Waals surface area contributed by atoms with Crippen LogP contribution in [0.3, 0.4) is 0 Å². The van der Waals surface area contributed by atoms with Crippen LogP contribution < -0.4 is 9.47 Å². The summed E-state index contributed by atoms with van der Waals surface area (Å²) in [6.07, 6.45) is 3.74. The summed E-state index contributed by atoms with van der Waals surface area (Å²) in [6.45, 7) is 1.02.